The van der Waals surface area contributed by atoms with Crippen LogP contribution in [-0.4, -0.2) is 66.2 Å². The molecule has 1 N–H and O–H groups in total. The first-order chi connectivity index (χ1) is 26.8. The maximum absolute atomic E-state index is 16.7. The van der Waals surface area contributed by atoms with E-state index >= 15 is 8.90 Å². The lowest BCUT2D eigenvalue weighted by Gasteiger charge is -2.32. The molecule has 1 saturated heterocycles. The quantitative estimate of drug-likeness (QED) is 0.0826. The zero-order valence-corrected chi connectivity index (χ0v) is 34.1. The van der Waals surface area contributed by atoms with Gasteiger partial charge in [-0.2, -0.15) is 0 Å². The van der Waals surface area contributed by atoms with Crippen molar-refractivity contribution < 1.29 is 28.3 Å². The Kier molecular flexibility index (Phi) is 11.2. The van der Waals surface area contributed by atoms with Crippen LogP contribution in [0, 0.1) is 5.92 Å². The molecule has 0 radical (unpaired) electrons. The lowest BCUT2D eigenvalue weighted by Crippen LogP contribution is -2.45. The van der Waals surface area contributed by atoms with Gasteiger partial charge in [0.2, 0.25) is 8.41 Å². The fourth-order valence-corrected chi connectivity index (χ4v) is 11.4. The fourth-order valence-electron chi connectivity index (χ4n) is 8.85. The first-order valence-electron chi connectivity index (χ1n) is 19.6. The first-order valence-corrected chi connectivity index (χ1v) is 22.5. The van der Waals surface area contributed by atoms with E-state index in [4.69, 9.17) is 9.47 Å². The predicted octanol–water partition coefficient (Wildman–Crippen LogP) is 8.36. The minimum Gasteiger partial charge on any atom is -0.482 e. The van der Waals surface area contributed by atoms with Crippen LogP contribution in [0.15, 0.2) is 102 Å². The van der Waals surface area contributed by atoms with Crippen LogP contribution in [0.4, 0.5) is 21.2 Å². The average Bonchev–Trinajstić information content (AvgIpc) is 3.83. The van der Waals surface area contributed by atoms with Gasteiger partial charge >= 0.3 is 0 Å². The highest BCUT2D eigenvalue weighted by atomic mass is 28.4. The summed E-state index contributed by atoms with van der Waals surface area (Å²) in [6.45, 7) is 12.1. The van der Waals surface area contributed by atoms with E-state index in [1.807, 2.05) is 85.9 Å². The monoisotopic (exact) mass is 777 g/mol. The molecule has 7 rings (SSSR count). The van der Waals surface area contributed by atoms with Crippen molar-refractivity contribution in [2.45, 2.75) is 89.8 Å². The Morgan fingerprint density at radius 3 is 2.52 bits per heavy atom. The van der Waals surface area contributed by atoms with E-state index in [0.29, 0.717) is 53.6 Å². The summed E-state index contributed by atoms with van der Waals surface area (Å²) < 4.78 is 31.2. The number of hydrogen-bond acceptors (Lipinski definition) is 7. The van der Waals surface area contributed by atoms with Crippen molar-refractivity contribution in [1.29, 1.82) is 0 Å². The number of amides is 2. The summed E-state index contributed by atoms with van der Waals surface area (Å²) >= 11 is 0. The van der Waals surface area contributed by atoms with Gasteiger partial charge in [-0.05, 0) is 89.0 Å². The largest absolute Gasteiger partial charge is 0.482 e. The van der Waals surface area contributed by atoms with Crippen LogP contribution in [0.3, 0.4) is 0 Å². The molecule has 56 heavy (non-hydrogen) atoms. The van der Waals surface area contributed by atoms with Gasteiger partial charge in [-0.15, -0.1) is 5.10 Å². The van der Waals surface area contributed by atoms with E-state index in [1.54, 1.807) is 27.6 Å². The molecule has 1 aromatic heterocycles. The second-order valence-electron chi connectivity index (χ2n) is 16.1. The van der Waals surface area contributed by atoms with Crippen LogP contribution in [0.2, 0.25) is 18.6 Å². The minimum atomic E-state index is -3.46. The van der Waals surface area contributed by atoms with E-state index in [9.17, 15) is 9.90 Å². The van der Waals surface area contributed by atoms with E-state index in [2.05, 4.69) is 43.2 Å². The number of hydrogen-bond donors (Lipinski definition) is 1. The van der Waals surface area contributed by atoms with Gasteiger partial charge in [0.05, 0.1) is 35.7 Å². The molecule has 0 saturated carbocycles. The number of aryl methyl sites for hydroxylation is 1. The third-order valence-electron chi connectivity index (χ3n) is 11.6. The van der Waals surface area contributed by atoms with Crippen molar-refractivity contribution in [3.05, 3.63) is 119 Å². The van der Waals surface area contributed by atoms with Gasteiger partial charge in [0.15, 0.2) is 12.2 Å². The zero-order chi connectivity index (χ0) is 39.8. The number of carbonyl (C=O) groups excluding carboxylic acids is 2. The second-order valence-corrected chi connectivity index (χ2v) is 19.9. The van der Waals surface area contributed by atoms with Gasteiger partial charge in [0.25, 0.3) is 11.8 Å². The van der Waals surface area contributed by atoms with Crippen molar-refractivity contribution in [3.8, 4) is 5.75 Å². The third-order valence-corrected chi connectivity index (χ3v) is 14.0. The number of aliphatic hydroxyl groups is 1. The highest BCUT2D eigenvalue weighted by molar-refractivity contribution is 6.72. The van der Waals surface area contributed by atoms with Crippen molar-refractivity contribution in [2.75, 3.05) is 29.6 Å². The van der Waals surface area contributed by atoms with Gasteiger partial charge in [-0.25, -0.2) is 0 Å². The first kappa shape index (κ1) is 39.3. The molecule has 2 amide bonds. The molecule has 12 heteroatoms. The lowest BCUT2D eigenvalue weighted by molar-refractivity contribution is -0.145. The summed E-state index contributed by atoms with van der Waals surface area (Å²) in [5, 5.41) is 19.0. The number of halogens is 1. The molecule has 1 unspecified atom stereocenters. The predicted molar refractivity (Wildman–Crippen MR) is 218 cm³/mol. The number of aliphatic hydroxyl groups excluding tert-OH is 1. The number of allylic oxidation sites excluding steroid dienone is 3. The Hall–Kier alpha value is -4.91. The molecule has 0 bridgehead atoms. The number of nitrogens with zero attached hydrogens (tertiary/aromatic N) is 5. The van der Waals surface area contributed by atoms with Crippen molar-refractivity contribution in [2.24, 2.45) is 5.92 Å². The molecular formula is C44H52FN5O5Si. The standard InChI is InChI=1S/C44H52FN5O5Si/c1-29(2)13-12-14-30(3)21-24-49-37-20-19-33(50-38-17-10-11-18-39(38)54-28-41(50)52)25-35(37)44(43(49)53)31(4)42(56(5,6)45)40(55-44)22-23-48-26-36(46-47-48)34(27-51)32-15-8-7-9-16-32/h7-11,13,15-21,25-26,31,34,40,42,51H,12,14,22-24,27-28H2,1-6H3/b30-21+/t31-,34?,40+,42-,44+/m0/s1. The Bertz CT molecular complexity index is 2140. The molecule has 0 aliphatic carbocycles. The smallest absolute Gasteiger partial charge is 0.269 e. The average molecular weight is 778 g/mol. The Labute approximate surface area is 329 Å². The number of anilines is 3. The summed E-state index contributed by atoms with van der Waals surface area (Å²) in [7, 11) is -3.46. The van der Waals surface area contributed by atoms with Crippen LogP contribution in [-0.2, 0) is 26.5 Å². The lowest BCUT2D eigenvalue weighted by atomic mass is 9.82. The van der Waals surface area contributed by atoms with Crippen LogP contribution in [0.1, 0.15) is 69.7 Å². The van der Waals surface area contributed by atoms with Crippen molar-refractivity contribution >= 4 is 37.3 Å². The molecule has 4 aromatic rings. The maximum Gasteiger partial charge on any atom is 0.269 e. The highest BCUT2D eigenvalue weighted by Gasteiger charge is 2.66. The summed E-state index contributed by atoms with van der Waals surface area (Å²) in [4.78, 5) is 32.0. The molecular weight excluding hydrogens is 726 g/mol. The van der Waals surface area contributed by atoms with Gasteiger partial charge < -0.3 is 23.6 Å². The van der Waals surface area contributed by atoms with Crippen LogP contribution >= 0.6 is 0 Å². The number of carbonyl (C=O) groups is 2. The van der Waals surface area contributed by atoms with E-state index in [-0.39, 0.29) is 30.9 Å². The molecule has 10 nitrogen and oxygen atoms in total. The second kappa shape index (κ2) is 15.9. The molecule has 5 atom stereocenters. The number of rotatable bonds is 13. The van der Waals surface area contributed by atoms with Gasteiger partial charge in [0.1, 0.15) is 5.75 Å². The zero-order valence-electron chi connectivity index (χ0n) is 33.1. The van der Waals surface area contributed by atoms with Crippen molar-refractivity contribution in [1.82, 2.24) is 15.0 Å². The molecule has 1 spiro atoms. The maximum atomic E-state index is 16.7. The van der Waals surface area contributed by atoms with Gasteiger partial charge in [-0.3, -0.25) is 19.2 Å². The number of benzene rings is 3. The van der Waals surface area contributed by atoms with Crippen LogP contribution in [0.25, 0.3) is 0 Å². The third kappa shape index (κ3) is 7.37. The number of aromatic nitrogens is 3. The Morgan fingerprint density at radius 2 is 1.79 bits per heavy atom. The number of ether oxygens (including phenoxy) is 2. The van der Waals surface area contributed by atoms with E-state index < -0.39 is 31.6 Å². The Morgan fingerprint density at radius 1 is 1.04 bits per heavy atom. The molecule has 1 fully saturated rings. The van der Waals surface area contributed by atoms with Gasteiger partial charge in [0, 0.05) is 42.0 Å². The summed E-state index contributed by atoms with van der Waals surface area (Å²) in [6, 6.07) is 22.7. The van der Waals surface area contributed by atoms with Gasteiger partial charge in [-0.1, -0.05) is 77.9 Å². The SMILES string of the molecule is CC(C)=CCC/C(C)=C/CN1C(=O)[C@]2(O[C@H](CCn3cc(C(CO)c4ccccc4)nn3)[C@@H]([Si](C)(C)F)[C@@H]2C)c2cc(N3C(=O)COc4ccccc43)ccc21. The molecule has 3 aliphatic rings. The van der Waals surface area contributed by atoms with Crippen LogP contribution in [0.5, 0.6) is 5.75 Å². The van der Waals surface area contributed by atoms with Crippen LogP contribution < -0.4 is 14.5 Å². The summed E-state index contributed by atoms with van der Waals surface area (Å²) in [6.07, 6.45) is 7.71. The summed E-state index contributed by atoms with van der Waals surface area (Å²) in [5.74, 6) is -0.699. The number of fused-ring (bicyclic) bond motifs is 3. The molecule has 4 heterocycles. The topological polar surface area (TPSA) is 110 Å². The normalized spacial score (nSPS) is 22.6. The van der Waals surface area contributed by atoms with E-state index in [0.717, 1.165) is 18.4 Å². The molecule has 294 valence electrons. The van der Waals surface area contributed by atoms with E-state index in [1.165, 1.54) is 11.1 Å². The molecule has 3 aromatic carbocycles. The number of para-hydroxylation sites is 2. The highest BCUT2D eigenvalue weighted by Crippen LogP contribution is 2.61. The van der Waals surface area contributed by atoms with Crippen molar-refractivity contribution in [3.63, 3.8) is 0 Å². The minimum absolute atomic E-state index is 0.117. The fraction of sp³-hybridized carbons (Fsp3) is 0.409. The Balaban J connectivity index is 1.24. The molecule has 3 aliphatic heterocycles. The summed E-state index contributed by atoms with van der Waals surface area (Å²) in [5.41, 5.74) is 4.56.